The van der Waals surface area contributed by atoms with E-state index in [4.69, 9.17) is 14.2 Å². The predicted molar refractivity (Wildman–Crippen MR) is 120 cm³/mol. The number of benzene rings is 1. The van der Waals surface area contributed by atoms with Crippen LogP contribution in [0.4, 0.5) is 0 Å². The molecule has 1 aliphatic rings. The molecule has 0 N–H and O–H groups in total. The lowest BCUT2D eigenvalue weighted by Crippen LogP contribution is -2.43. The van der Waals surface area contributed by atoms with Crippen LogP contribution in [0.1, 0.15) is 10.4 Å². The van der Waals surface area contributed by atoms with Crippen molar-refractivity contribution in [3.63, 3.8) is 0 Å². The molecule has 11 nitrogen and oxygen atoms in total. The van der Waals surface area contributed by atoms with Gasteiger partial charge in [0.1, 0.15) is 11.5 Å². The number of carbonyl (C=O) groups is 3. The smallest absolute Gasteiger partial charge is 0.337 e. The Hall–Kier alpha value is -2.61. The van der Waals surface area contributed by atoms with Crippen molar-refractivity contribution in [3.8, 4) is 0 Å². The third kappa shape index (κ3) is 6.47. The molecule has 180 valence electrons. The summed E-state index contributed by atoms with van der Waals surface area (Å²) in [6.45, 7) is 2.04. The first-order valence-electron chi connectivity index (χ1n) is 10.1. The zero-order valence-electron chi connectivity index (χ0n) is 18.3. The number of morpholine rings is 1. The van der Waals surface area contributed by atoms with Crippen LogP contribution >= 0.6 is 11.3 Å². The molecule has 2 aromatic rings. The number of ether oxygens (including phenoxy) is 3. The number of nitrogens with zero attached hydrogens (tertiary/aromatic N) is 3. The zero-order chi connectivity index (χ0) is 24.0. The van der Waals surface area contributed by atoms with Crippen molar-refractivity contribution >= 4 is 49.2 Å². The number of esters is 1. The maximum absolute atomic E-state index is 12.5. The lowest BCUT2D eigenvalue weighted by Gasteiger charge is -2.26. The Kier molecular flexibility index (Phi) is 8.35. The van der Waals surface area contributed by atoms with E-state index in [1.54, 1.807) is 22.8 Å². The normalized spacial score (nSPS) is 15.1. The summed E-state index contributed by atoms with van der Waals surface area (Å²) in [6, 6.07) is 4.92. The van der Waals surface area contributed by atoms with Crippen molar-refractivity contribution in [2.24, 2.45) is 4.99 Å². The fraction of sp³-hybridized carbons (Fsp3) is 0.500. The molecule has 13 heteroatoms. The number of hydrogen-bond acceptors (Lipinski definition) is 9. The summed E-state index contributed by atoms with van der Waals surface area (Å²) in [6.07, 6.45) is 0. The molecule has 0 aliphatic carbocycles. The molecule has 1 saturated heterocycles. The second kappa shape index (κ2) is 11.0. The van der Waals surface area contributed by atoms with Gasteiger partial charge in [0, 0.05) is 26.7 Å². The molecule has 0 atom stereocenters. The molecule has 0 bridgehead atoms. The zero-order valence-corrected chi connectivity index (χ0v) is 19.9. The van der Waals surface area contributed by atoms with E-state index in [9.17, 15) is 22.8 Å². The molecule has 0 unspecified atom stereocenters. The summed E-state index contributed by atoms with van der Waals surface area (Å²) < 4.78 is 42.3. The van der Waals surface area contributed by atoms with Crippen molar-refractivity contribution in [1.82, 2.24) is 9.47 Å². The Labute approximate surface area is 194 Å². The van der Waals surface area contributed by atoms with E-state index in [1.807, 2.05) is 0 Å². The van der Waals surface area contributed by atoms with Crippen LogP contribution < -0.4 is 4.80 Å². The summed E-state index contributed by atoms with van der Waals surface area (Å²) in [5.74, 6) is -3.57. The molecule has 1 fully saturated rings. The second-order valence-electron chi connectivity index (χ2n) is 7.23. The molecular weight excluding hydrogens is 474 g/mol. The molecule has 1 aromatic carbocycles. The van der Waals surface area contributed by atoms with Gasteiger partial charge < -0.3 is 23.7 Å². The van der Waals surface area contributed by atoms with Crippen molar-refractivity contribution in [3.05, 3.63) is 28.6 Å². The number of fused-ring (bicyclic) bond motifs is 1. The number of thiazole rings is 1. The van der Waals surface area contributed by atoms with Crippen LogP contribution in [0.25, 0.3) is 10.2 Å². The van der Waals surface area contributed by atoms with E-state index < -0.39 is 39.1 Å². The van der Waals surface area contributed by atoms with Crippen LogP contribution in [0.5, 0.6) is 0 Å². The monoisotopic (exact) mass is 499 g/mol. The number of amides is 2. The maximum Gasteiger partial charge on any atom is 0.337 e. The van der Waals surface area contributed by atoms with Crippen LogP contribution in [-0.4, -0.2) is 94.3 Å². The summed E-state index contributed by atoms with van der Waals surface area (Å²) in [4.78, 5) is 42.3. The largest absolute Gasteiger partial charge is 0.465 e. The van der Waals surface area contributed by atoms with E-state index in [1.165, 1.54) is 19.1 Å². The van der Waals surface area contributed by atoms with Crippen LogP contribution in [-0.2, 0) is 40.2 Å². The second-order valence-corrected chi connectivity index (χ2v) is 10.3. The van der Waals surface area contributed by atoms with Gasteiger partial charge in [0.25, 0.3) is 5.91 Å². The molecule has 1 aromatic heterocycles. The van der Waals surface area contributed by atoms with Crippen molar-refractivity contribution in [1.29, 1.82) is 0 Å². The summed E-state index contributed by atoms with van der Waals surface area (Å²) in [5.41, 5.74) is 1.05. The lowest BCUT2D eigenvalue weighted by molar-refractivity contribution is -0.132. The summed E-state index contributed by atoms with van der Waals surface area (Å²) in [5, 5.41) is 0. The third-order valence-corrected chi connectivity index (χ3v) is 7.31. The Morgan fingerprint density at radius 3 is 2.55 bits per heavy atom. The first kappa shape index (κ1) is 25.0. The highest BCUT2D eigenvalue weighted by Crippen LogP contribution is 2.20. The number of hydrogen-bond donors (Lipinski definition) is 0. The molecule has 2 heterocycles. The van der Waals surface area contributed by atoms with Gasteiger partial charge in [-0.15, -0.1) is 0 Å². The highest BCUT2D eigenvalue weighted by Gasteiger charge is 2.25. The number of carbonyl (C=O) groups excluding carboxylic acids is 3. The Balaban J connectivity index is 1.84. The molecule has 33 heavy (non-hydrogen) atoms. The van der Waals surface area contributed by atoms with Gasteiger partial charge in [-0.05, 0) is 18.2 Å². The predicted octanol–water partition coefficient (Wildman–Crippen LogP) is -0.163. The molecule has 3 rings (SSSR count). The van der Waals surface area contributed by atoms with Gasteiger partial charge in [-0.25, -0.2) is 13.2 Å². The quantitative estimate of drug-likeness (QED) is 0.458. The van der Waals surface area contributed by atoms with Gasteiger partial charge in [-0.2, -0.15) is 4.99 Å². The maximum atomic E-state index is 12.5. The van der Waals surface area contributed by atoms with E-state index >= 15 is 0 Å². The molecule has 2 amide bonds. The van der Waals surface area contributed by atoms with Gasteiger partial charge in [0.05, 0.1) is 42.7 Å². The van der Waals surface area contributed by atoms with E-state index in [0.29, 0.717) is 55.2 Å². The standard InChI is InChI=1S/C20H25N3O8S2/c1-29-8-7-23-15-4-3-14(19(26)30-2)11-16(15)32-20(23)21-17(24)12-33(27,28)13-18(25)22-5-9-31-10-6-22/h3-4,11H,5-10,12-13H2,1-2H3. The molecular formula is C20H25N3O8S2. The number of aromatic nitrogens is 1. The van der Waals surface area contributed by atoms with Crippen molar-refractivity contribution in [2.75, 3.05) is 58.6 Å². The van der Waals surface area contributed by atoms with Crippen LogP contribution in [0.3, 0.4) is 0 Å². The average molecular weight is 500 g/mol. The number of sulfone groups is 1. The topological polar surface area (TPSA) is 134 Å². The van der Waals surface area contributed by atoms with Crippen LogP contribution in [0.2, 0.25) is 0 Å². The fourth-order valence-electron chi connectivity index (χ4n) is 3.27. The van der Waals surface area contributed by atoms with E-state index in [0.717, 1.165) is 11.3 Å². The van der Waals surface area contributed by atoms with Gasteiger partial charge in [-0.3, -0.25) is 9.59 Å². The average Bonchev–Trinajstić information content (AvgIpc) is 3.12. The first-order valence-corrected chi connectivity index (χ1v) is 12.7. The molecule has 0 radical (unpaired) electrons. The molecule has 0 saturated carbocycles. The van der Waals surface area contributed by atoms with Gasteiger partial charge in [0.15, 0.2) is 14.6 Å². The summed E-state index contributed by atoms with van der Waals surface area (Å²) >= 11 is 1.14. The molecule has 0 spiro atoms. The van der Waals surface area contributed by atoms with Gasteiger partial charge in [-0.1, -0.05) is 11.3 Å². The lowest BCUT2D eigenvalue weighted by atomic mass is 10.2. The minimum atomic E-state index is -4.00. The fourth-order valence-corrected chi connectivity index (χ4v) is 5.49. The number of rotatable bonds is 8. The van der Waals surface area contributed by atoms with E-state index in [-0.39, 0.29) is 4.80 Å². The Morgan fingerprint density at radius 1 is 1.15 bits per heavy atom. The van der Waals surface area contributed by atoms with Crippen molar-refractivity contribution < 1.29 is 37.0 Å². The van der Waals surface area contributed by atoms with Gasteiger partial charge in [0.2, 0.25) is 5.91 Å². The van der Waals surface area contributed by atoms with E-state index in [2.05, 4.69) is 4.99 Å². The highest BCUT2D eigenvalue weighted by molar-refractivity contribution is 7.92. The minimum absolute atomic E-state index is 0.267. The van der Waals surface area contributed by atoms with Crippen LogP contribution in [0, 0.1) is 0 Å². The minimum Gasteiger partial charge on any atom is -0.465 e. The summed E-state index contributed by atoms with van der Waals surface area (Å²) in [7, 11) is -1.18. The molecule has 1 aliphatic heterocycles. The number of methoxy groups -OCH3 is 2. The Morgan fingerprint density at radius 2 is 1.88 bits per heavy atom. The van der Waals surface area contributed by atoms with Crippen molar-refractivity contribution in [2.45, 2.75) is 6.54 Å². The Bertz CT molecular complexity index is 1210. The van der Waals surface area contributed by atoms with Crippen LogP contribution in [0.15, 0.2) is 23.2 Å². The highest BCUT2D eigenvalue weighted by atomic mass is 32.2. The SMILES string of the molecule is COCCn1c(=NC(=O)CS(=O)(=O)CC(=O)N2CCOCC2)sc2cc(C(=O)OC)ccc21. The van der Waals surface area contributed by atoms with Gasteiger partial charge >= 0.3 is 5.97 Å². The third-order valence-electron chi connectivity index (χ3n) is 4.89. The first-order chi connectivity index (χ1) is 15.7.